The highest BCUT2D eigenvalue weighted by molar-refractivity contribution is 5.97. The fourth-order valence-electron chi connectivity index (χ4n) is 3.34. The lowest BCUT2D eigenvalue weighted by molar-refractivity contribution is 0.100. The van der Waals surface area contributed by atoms with E-state index < -0.39 is 5.91 Å². The molecule has 4 aromatic rings. The molecule has 0 bridgehead atoms. The van der Waals surface area contributed by atoms with Crippen molar-refractivity contribution in [3.63, 3.8) is 0 Å². The highest BCUT2D eigenvalue weighted by atomic mass is 16.3. The molecule has 0 radical (unpaired) electrons. The number of aromatic nitrogens is 2. The number of amides is 1. The van der Waals surface area contributed by atoms with Gasteiger partial charge in [0.2, 0.25) is 5.91 Å². The number of para-hydroxylation sites is 1. The van der Waals surface area contributed by atoms with Gasteiger partial charge in [0.1, 0.15) is 11.3 Å². The third kappa shape index (κ3) is 2.70. The Kier molecular flexibility index (Phi) is 3.40. The molecule has 2 N–H and O–H groups in total. The number of primary amides is 1. The van der Waals surface area contributed by atoms with Gasteiger partial charge in [0, 0.05) is 24.0 Å². The van der Waals surface area contributed by atoms with Crippen LogP contribution in [0.1, 0.15) is 23.2 Å². The van der Waals surface area contributed by atoms with E-state index in [2.05, 4.69) is 4.90 Å². The van der Waals surface area contributed by atoms with Gasteiger partial charge in [-0.15, -0.1) is 0 Å². The maximum atomic E-state index is 11.5. The fourth-order valence-corrected chi connectivity index (χ4v) is 3.34. The molecule has 0 unspecified atom stereocenters. The molecule has 0 atom stereocenters. The second-order valence-corrected chi connectivity index (χ2v) is 6.95. The molecule has 6 nitrogen and oxygen atoms in total. The van der Waals surface area contributed by atoms with Gasteiger partial charge in [0.25, 0.3) is 0 Å². The topological polar surface area (TPSA) is 85.3 Å². The van der Waals surface area contributed by atoms with E-state index in [0.717, 1.165) is 29.6 Å². The molecule has 0 aliphatic heterocycles. The van der Waals surface area contributed by atoms with Crippen LogP contribution in [0.4, 0.5) is 5.82 Å². The van der Waals surface area contributed by atoms with Crippen molar-refractivity contribution in [1.29, 1.82) is 0 Å². The molecule has 134 valence electrons. The lowest BCUT2D eigenvalue weighted by atomic mass is 10.1. The number of carbonyl (C=O) groups is 1. The average molecular weight is 358 g/mol. The SMILES string of the molecule is CN(c1nc2cc(C(N)=O)ccc2nc1-c1cc2ccccc2o1)C1CC1. The molecule has 27 heavy (non-hydrogen) atoms. The number of fused-ring (bicyclic) bond motifs is 2. The monoisotopic (exact) mass is 358 g/mol. The number of nitrogens with two attached hydrogens (primary N) is 1. The second-order valence-electron chi connectivity index (χ2n) is 6.95. The first-order valence-electron chi connectivity index (χ1n) is 8.93. The van der Waals surface area contributed by atoms with Gasteiger partial charge in [-0.3, -0.25) is 4.79 Å². The lowest BCUT2D eigenvalue weighted by Gasteiger charge is -2.20. The van der Waals surface area contributed by atoms with Crippen molar-refractivity contribution in [2.75, 3.05) is 11.9 Å². The molecule has 0 spiro atoms. The van der Waals surface area contributed by atoms with Crippen molar-refractivity contribution in [3.8, 4) is 11.5 Å². The Morgan fingerprint density at radius 3 is 2.67 bits per heavy atom. The Labute approximate surface area is 155 Å². The van der Waals surface area contributed by atoms with E-state index in [-0.39, 0.29) is 0 Å². The van der Waals surface area contributed by atoms with E-state index in [1.54, 1.807) is 18.2 Å². The average Bonchev–Trinajstić information content (AvgIpc) is 3.44. The van der Waals surface area contributed by atoms with Gasteiger partial charge >= 0.3 is 0 Å². The van der Waals surface area contributed by atoms with Crippen molar-refractivity contribution in [2.24, 2.45) is 5.73 Å². The third-order valence-electron chi connectivity index (χ3n) is 5.02. The lowest BCUT2D eigenvalue weighted by Crippen LogP contribution is -2.22. The van der Waals surface area contributed by atoms with Gasteiger partial charge in [-0.2, -0.15) is 0 Å². The molecule has 0 saturated heterocycles. The minimum atomic E-state index is -0.475. The van der Waals surface area contributed by atoms with E-state index in [4.69, 9.17) is 20.1 Å². The van der Waals surface area contributed by atoms with E-state index in [1.807, 2.05) is 37.4 Å². The number of rotatable bonds is 4. The molecular weight excluding hydrogens is 340 g/mol. The molecule has 2 heterocycles. The first-order chi connectivity index (χ1) is 13.1. The van der Waals surface area contributed by atoms with Crippen LogP contribution in [0, 0.1) is 0 Å². The summed E-state index contributed by atoms with van der Waals surface area (Å²) in [5.74, 6) is 0.968. The zero-order valence-corrected chi connectivity index (χ0v) is 14.8. The summed E-state index contributed by atoms with van der Waals surface area (Å²) in [6, 6.07) is 15.5. The zero-order chi connectivity index (χ0) is 18.5. The molecule has 2 aromatic carbocycles. The Bertz CT molecular complexity index is 1160. The number of anilines is 1. The molecule has 1 aliphatic rings. The third-order valence-corrected chi connectivity index (χ3v) is 5.02. The Morgan fingerprint density at radius 2 is 1.93 bits per heavy atom. The summed E-state index contributed by atoms with van der Waals surface area (Å²) in [7, 11) is 2.03. The van der Waals surface area contributed by atoms with Crippen LogP contribution in [0.3, 0.4) is 0 Å². The van der Waals surface area contributed by atoms with Crippen LogP contribution in [0.15, 0.2) is 52.9 Å². The number of nitrogens with zero attached hydrogens (tertiary/aromatic N) is 3. The Hall–Kier alpha value is -3.41. The quantitative estimate of drug-likeness (QED) is 0.601. The van der Waals surface area contributed by atoms with Gasteiger partial charge in [0.15, 0.2) is 11.6 Å². The predicted molar refractivity (Wildman–Crippen MR) is 105 cm³/mol. The molecular formula is C21H18N4O2. The Balaban J connectivity index is 1.74. The summed E-state index contributed by atoms with van der Waals surface area (Å²) < 4.78 is 6.05. The molecule has 1 saturated carbocycles. The van der Waals surface area contributed by atoms with Crippen LogP contribution in [0.5, 0.6) is 0 Å². The van der Waals surface area contributed by atoms with Crippen LogP contribution in [-0.4, -0.2) is 29.0 Å². The largest absolute Gasteiger partial charge is 0.454 e. The predicted octanol–water partition coefficient (Wildman–Crippen LogP) is 3.74. The number of hydrogen-bond donors (Lipinski definition) is 1. The van der Waals surface area contributed by atoms with Crippen molar-refractivity contribution in [1.82, 2.24) is 9.97 Å². The minimum absolute atomic E-state index is 0.424. The van der Waals surface area contributed by atoms with Crippen LogP contribution in [-0.2, 0) is 0 Å². The van der Waals surface area contributed by atoms with Crippen LogP contribution in [0.25, 0.3) is 33.5 Å². The van der Waals surface area contributed by atoms with Gasteiger partial charge in [0.05, 0.1) is 11.0 Å². The molecule has 1 amide bonds. The van der Waals surface area contributed by atoms with Crippen LogP contribution >= 0.6 is 0 Å². The van der Waals surface area contributed by atoms with Crippen LogP contribution in [0.2, 0.25) is 0 Å². The summed E-state index contributed by atoms with van der Waals surface area (Å²) in [4.78, 5) is 23.3. The van der Waals surface area contributed by atoms with Gasteiger partial charge in [-0.05, 0) is 43.2 Å². The second kappa shape index (κ2) is 5.81. The van der Waals surface area contributed by atoms with E-state index in [1.165, 1.54) is 0 Å². The van der Waals surface area contributed by atoms with Crippen LogP contribution < -0.4 is 10.6 Å². The van der Waals surface area contributed by atoms with Gasteiger partial charge in [-0.1, -0.05) is 18.2 Å². The number of benzene rings is 2. The first kappa shape index (κ1) is 15.8. The Morgan fingerprint density at radius 1 is 1.11 bits per heavy atom. The summed E-state index contributed by atoms with van der Waals surface area (Å²) in [6.07, 6.45) is 2.27. The van der Waals surface area contributed by atoms with E-state index >= 15 is 0 Å². The van der Waals surface area contributed by atoms with Gasteiger partial charge in [-0.25, -0.2) is 9.97 Å². The number of furan rings is 1. The van der Waals surface area contributed by atoms with Crippen molar-refractivity contribution in [3.05, 3.63) is 54.1 Å². The highest BCUT2D eigenvalue weighted by Crippen LogP contribution is 2.37. The number of hydrogen-bond acceptors (Lipinski definition) is 5. The first-order valence-corrected chi connectivity index (χ1v) is 8.93. The van der Waals surface area contributed by atoms with Gasteiger partial charge < -0.3 is 15.1 Å². The standard InChI is InChI=1S/C21H18N4O2/c1-25(14-7-8-14)21-19(18-11-12-4-2-3-5-17(12)27-18)23-15-9-6-13(20(22)26)10-16(15)24-21/h2-6,9-11,14H,7-8H2,1H3,(H2,22,26). The summed E-state index contributed by atoms with van der Waals surface area (Å²) in [5, 5.41) is 1.03. The van der Waals surface area contributed by atoms with Crippen molar-refractivity contribution < 1.29 is 9.21 Å². The number of carbonyl (C=O) groups excluding carboxylic acids is 1. The molecule has 1 fully saturated rings. The summed E-state index contributed by atoms with van der Waals surface area (Å²) in [5.41, 5.74) is 8.71. The molecule has 2 aromatic heterocycles. The van der Waals surface area contributed by atoms with Crippen molar-refractivity contribution in [2.45, 2.75) is 18.9 Å². The van der Waals surface area contributed by atoms with E-state index in [9.17, 15) is 4.79 Å². The molecule has 5 rings (SSSR count). The zero-order valence-electron chi connectivity index (χ0n) is 14.8. The normalized spacial score (nSPS) is 14.0. The maximum Gasteiger partial charge on any atom is 0.248 e. The maximum absolute atomic E-state index is 11.5. The van der Waals surface area contributed by atoms with E-state index in [0.29, 0.717) is 34.1 Å². The highest BCUT2D eigenvalue weighted by Gasteiger charge is 2.30. The summed E-state index contributed by atoms with van der Waals surface area (Å²) >= 11 is 0. The van der Waals surface area contributed by atoms with Crippen molar-refractivity contribution >= 4 is 33.7 Å². The minimum Gasteiger partial charge on any atom is -0.454 e. The smallest absolute Gasteiger partial charge is 0.248 e. The molecule has 1 aliphatic carbocycles. The fraction of sp³-hybridized carbons (Fsp3) is 0.190. The summed E-state index contributed by atoms with van der Waals surface area (Å²) in [6.45, 7) is 0. The molecule has 6 heteroatoms.